The molecule has 2 nitrogen and oxygen atoms in total. The van der Waals surface area contributed by atoms with Crippen LogP contribution in [0.5, 0.6) is 0 Å². The summed E-state index contributed by atoms with van der Waals surface area (Å²) in [7, 11) is 0. The SMILES string of the molecule is Cc1nccnc1Sc1ccc(Cl)cc1. The van der Waals surface area contributed by atoms with Gasteiger partial charge in [-0.25, -0.2) is 4.98 Å². The van der Waals surface area contributed by atoms with Crippen LogP contribution in [-0.2, 0) is 0 Å². The third-order valence-corrected chi connectivity index (χ3v) is 3.22. The number of rotatable bonds is 2. The molecular formula is C11H9ClN2S. The van der Waals surface area contributed by atoms with E-state index in [-0.39, 0.29) is 0 Å². The highest BCUT2D eigenvalue weighted by Crippen LogP contribution is 2.28. The maximum atomic E-state index is 5.81. The summed E-state index contributed by atoms with van der Waals surface area (Å²) < 4.78 is 0. The van der Waals surface area contributed by atoms with E-state index in [0.717, 1.165) is 20.6 Å². The van der Waals surface area contributed by atoms with Crippen LogP contribution in [0.3, 0.4) is 0 Å². The monoisotopic (exact) mass is 236 g/mol. The van der Waals surface area contributed by atoms with E-state index in [1.165, 1.54) is 0 Å². The number of aryl methyl sites for hydroxylation is 1. The molecule has 2 aromatic rings. The molecule has 0 aliphatic carbocycles. The largest absolute Gasteiger partial charge is 0.257 e. The first-order valence-corrected chi connectivity index (χ1v) is 5.66. The maximum absolute atomic E-state index is 5.81. The van der Waals surface area contributed by atoms with Gasteiger partial charge in [-0.3, -0.25) is 4.98 Å². The Kier molecular flexibility index (Phi) is 3.23. The Labute approximate surface area is 97.7 Å². The number of aromatic nitrogens is 2. The summed E-state index contributed by atoms with van der Waals surface area (Å²) >= 11 is 7.40. The molecule has 0 fully saturated rings. The summed E-state index contributed by atoms with van der Waals surface area (Å²) in [6.45, 7) is 1.95. The van der Waals surface area contributed by atoms with Gasteiger partial charge in [-0.2, -0.15) is 0 Å². The summed E-state index contributed by atoms with van der Waals surface area (Å²) in [6.07, 6.45) is 3.40. The van der Waals surface area contributed by atoms with Crippen molar-refractivity contribution in [3.8, 4) is 0 Å². The molecule has 0 aliphatic heterocycles. The number of halogens is 1. The Balaban J connectivity index is 2.22. The number of hydrogen-bond acceptors (Lipinski definition) is 3. The third-order valence-electron chi connectivity index (χ3n) is 1.86. The van der Waals surface area contributed by atoms with E-state index < -0.39 is 0 Å². The fourth-order valence-corrected chi connectivity index (χ4v) is 2.04. The summed E-state index contributed by atoms with van der Waals surface area (Å²) in [5.41, 5.74) is 0.942. The lowest BCUT2D eigenvalue weighted by Crippen LogP contribution is -1.87. The quantitative estimate of drug-likeness (QED) is 0.797. The van der Waals surface area contributed by atoms with Crippen LogP contribution in [0.4, 0.5) is 0 Å². The molecule has 2 rings (SSSR count). The van der Waals surface area contributed by atoms with Crippen LogP contribution < -0.4 is 0 Å². The van der Waals surface area contributed by atoms with Gasteiger partial charge in [0.1, 0.15) is 5.03 Å². The lowest BCUT2D eigenvalue weighted by Gasteiger charge is -2.02. The average Bonchev–Trinajstić information content (AvgIpc) is 2.25. The van der Waals surface area contributed by atoms with Crippen LogP contribution in [0.1, 0.15) is 5.69 Å². The Bertz CT molecular complexity index is 456. The van der Waals surface area contributed by atoms with Crippen molar-refractivity contribution in [3.05, 3.63) is 47.4 Å². The molecule has 0 saturated heterocycles. The zero-order valence-corrected chi connectivity index (χ0v) is 9.72. The van der Waals surface area contributed by atoms with Gasteiger partial charge in [0.25, 0.3) is 0 Å². The highest BCUT2D eigenvalue weighted by Gasteiger charge is 2.02. The van der Waals surface area contributed by atoms with E-state index in [0.29, 0.717) is 0 Å². The van der Waals surface area contributed by atoms with Crippen molar-refractivity contribution in [3.63, 3.8) is 0 Å². The van der Waals surface area contributed by atoms with E-state index in [2.05, 4.69) is 9.97 Å². The Morgan fingerprint density at radius 1 is 1.07 bits per heavy atom. The summed E-state index contributed by atoms with van der Waals surface area (Å²) in [4.78, 5) is 9.56. The number of nitrogens with zero attached hydrogens (tertiary/aromatic N) is 2. The van der Waals surface area contributed by atoms with Crippen molar-refractivity contribution in [2.75, 3.05) is 0 Å². The second-order valence-corrected chi connectivity index (χ2v) is 4.50. The summed E-state index contributed by atoms with van der Waals surface area (Å²) in [5, 5.41) is 1.68. The molecule has 0 radical (unpaired) electrons. The second-order valence-electron chi connectivity index (χ2n) is 3.00. The first kappa shape index (κ1) is 10.5. The standard InChI is InChI=1S/C11H9ClN2S/c1-8-11(14-7-6-13-8)15-10-4-2-9(12)3-5-10/h2-7H,1H3. The van der Waals surface area contributed by atoms with Gasteiger partial charge < -0.3 is 0 Å². The molecule has 4 heteroatoms. The summed E-state index contributed by atoms with van der Waals surface area (Å²) in [5.74, 6) is 0. The minimum absolute atomic E-state index is 0.746. The zero-order chi connectivity index (χ0) is 10.7. The molecule has 1 aromatic heterocycles. The van der Waals surface area contributed by atoms with E-state index in [9.17, 15) is 0 Å². The van der Waals surface area contributed by atoms with Gasteiger partial charge in [0.05, 0.1) is 5.69 Å². The fourth-order valence-electron chi connectivity index (χ4n) is 1.11. The Morgan fingerprint density at radius 2 is 1.73 bits per heavy atom. The van der Waals surface area contributed by atoms with Gasteiger partial charge in [-0.1, -0.05) is 23.4 Å². The van der Waals surface area contributed by atoms with Gasteiger partial charge in [-0.05, 0) is 31.2 Å². The van der Waals surface area contributed by atoms with Gasteiger partial charge in [0.2, 0.25) is 0 Å². The molecule has 0 atom stereocenters. The predicted molar refractivity (Wildman–Crippen MR) is 62.3 cm³/mol. The fraction of sp³-hybridized carbons (Fsp3) is 0.0909. The summed E-state index contributed by atoms with van der Waals surface area (Å²) in [6, 6.07) is 7.69. The smallest absolute Gasteiger partial charge is 0.122 e. The first-order valence-electron chi connectivity index (χ1n) is 4.47. The predicted octanol–water partition coefficient (Wildman–Crippen LogP) is 3.59. The molecule has 0 amide bonds. The van der Waals surface area contributed by atoms with E-state index in [1.807, 2.05) is 31.2 Å². The van der Waals surface area contributed by atoms with Crippen LogP contribution in [0.25, 0.3) is 0 Å². The molecule has 0 aliphatic rings. The number of benzene rings is 1. The maximum Gasteiger partial charge on any atom is 0.122 e. The van der Waals surface area contributed by atoms with Crippen molar-refractivity contribution in [1.29, 1.82) is 0 Å². The van der Waals surface area contributed by atoms with Gasteiger partial charge >= 0.3 is 0 Å². The van der Waals surface area contributed by atoms with Crippen molar-refractivity contribution in [1.82, 2.24) is 9.97 Å². The highest BCUT2D eigenvalue weighted by molar-refractivity contribution is 7.99. The third kappa shape index (κ3) is 2.70. The van der Waals surface area contributed by atoms with Crippen LogP contribution in [0.2, 0.25) is 5.02 Å². The molecule has 0 N–H and O–H groups in total. The van der Waals surface area contributed by atoms with Crippen molar-refractivity contribution >= 4 is 23.4 Å². The molecule has 0 unspecified atom stereocenters. The van der Waals surface area contributed by atoms with Gasteiger partial charge in [0.15, 0.2) is 0 Å². The first-order chi connectivity index (χ1) is 7.25. The average molecular weight is 237 g/mol. The Morgan fingerprint density at radius 3 is 2.40 bits per heavy atom. The van der Waals surface area contributed by atoms with E-state index >= 15 is 0 Å². The highest BCUT2D eigenvalue weighted by atomic mass is 35.5. The minimum Gasteiger partial charge on any atom is -0.257 e. The molecule has 1 aromatic carbocycles. The molecule has 0 saturated carbocycles. The topological polar surface area (TPSA) is 25.8 Å². The van der Waals surface area contributed by atoms with Crippen molar-refractivity contribution < 1.29 is 0 Å². The molecule has 1 heterocycles. The van der Waals surface area contributed by atoms with Crippen LogP contribution in [0.15, 0.2) is 46.6 Å². The molecule has 15 heavy (non-hydrogen) atoms. The molecule has 0 spiro atoms. The molecular weight excluding hydrogens is 228 g/mol. The molecule has 76 valence electrons. The van der Waals surface area contributed by atoms with Crippen molar-refractivity contribution in [2.24, 2.45) is 0 Å². The van der Waals surface area contributed by atoms with Crippen LogP contribution in [0, 0.1) is 6.92 Å². The number of hydrogen-bond donors (Lipinski definition) is 0. The van der Waals surface area contributed by atoms with E-state index in [4.69, 9.17) is 11.6 Å². The minimum atomic E-state index is 0.746. The lowest BCUT2D eigenvalue weighted by molar-refractivity contribution is 0.986. The second kappa shape index (κ2) is 4.64. The normalized spacial score (nSPS) is 10.3. The van der Waals surface area contributed by atoms with E-state index in [1.54, 1.807) is 24.2 Å². The van der Waals surface area contributed by atoms with Gasteiger partial charge in [-0.15, -0.1) is 0 Å². The van der Waals surface area contributed by atoms with Crippen molar-refractivity contribution in [2.45, 2.75) is 16.8 Å². The molecule has 0 bridgehead atoms. The Hall–Kier alpha value is -1.06. The van der Waals surface area contributed by atoms with Gasteiger partial charge in [0, 0.05) is 22.3 Å². The zero-order valence-electron chi connectivity index (χ0n) is 8.14. The van der Waals surface area contributed by atoms with Crippen LogP contribution in [-0.4, -0.2) is 9.97 Å². The van der Waals surface area contributed by atoms with Crippen LogP contribution >= 0.6 is 23.4 Å². The lowest BCUT2D eigenvalue weighted by atomic mass is 10.4.